The minimum absolute atomic E-state index is 0.105. The Labute approximate surface area is 170 Å². The van der Waals surface area contributed by atoms with Gasteiger partial charge in [-0.2, -0.15) is 4.98 Å². The van der Waals surface area contributed by atoms with Crippen molar-refractivity contribution in [2.45, 2.75) is 39.8 Å². The highest BCUT2D eigenvalue weighted by Gasteiger charge is 2.25. The molecule has 2 N–H and O–H groups in total. The summed E-state index contributed by atoms with van der Waals surface area (Å²) in [5, 5.41) is 6.10. The van der Waals surface area contributed by atoms with Gasteiger partial charge in [-0.3, -0.25) is 4.79 Å². The van der Waals surface area contributed by atoms with Crippen molar-refractivity contribution in [2.75, 3.05) is 15.5 Å². The number of nitrogens with zero attached hydrogens (tertiary/aromatic N) is 4. The standard InChI is InChI=1S/C22H24N6O/c1-14-11-17-7-4-5-8-18(17)12-28(14)22-24-13-23-21(27-22)26-20-10-6-9-19(15(20)2)25-16(3)29/h4-10,13-14H,11-12H2,1-3H3,(H,25,29)(H,23,24,26,27). The SMILES string of the molecule is CC(=O)Nc1cccc(Nc2ncnc(N3Cc4ccccc4CC3C)n2)c1C. The smallest absolute Gasteiger partial charge is 0.232 e. The van der Waals surface area contributed by atoms with Crippen LogP contribution in [0.1, 0.15) is 30.5 Å². The van der Waals surface area contributed by atoms with Crippen molar-refractivity contribution in [1.82, 2.24) is 15.0 Å². The number of nitrogens with one attached hydrogen (secondary N) is 2. The number of hydrogen-bond acceptors (Lipinski definition) is 6. The van der Waals surface area contributed by atoms with Crippen molar-refractivity contribution in [1.29, 1.82) is 0 Å². The highest BCUT2D eigenvalue weighted by molar-refractivity contribution is 5.90. The van der Waals surface area contributed by atoms with E-state index in [0.717, 1.165) is 29.9 Å². The van der Waals surface area contributed by atoms with E-state index in [2.05, 4.69) is 61.7 Å². The van der Waals surface area contributed by atoms with Crippen LogP contribution in [0.2, 0.25) is 0 Å². The van der Waals surface area contributed by atoms with Crippen molar-refractivity contribution in [3.63, 3.8) is 0 Å². The molecule has 0 fully saturated rings. The maximum absolute atomic E-state index is 11.4. The molecule has 1 aliphatic rings. The van der Waals surface area contributed by atoms with Gasteiger partial charge in [0.2, 0.25) is 17.8 Å². The van der Waals surface area contributed by atoms with Crippen LogP contribution in [0, 0.1) is 6.92 Å². The van der Waals surface area contributed by atoms with Crippen molar-refractivity contribution in [3.8, 4) is 0 Å². The second-order valence-corrected chi connectivity index (χ2v) is 7.34. The molecule has 0 radical (unpaired) electrons. The van der Waals surface area contributed by atoms with Gasteiger partial charge in [-0.15, -0.1) is 0 Å². The summed E-state index contributed by atoms with van der Waals surface area (Å²) in [6.45, 7) is 6.40. The number of carbonyl (C=O) groups is 1. The molecule has 0 saturated heterocycles. The molecule has 0 saturated carbocycles. The largest absolute Gasteiger partial charge is 0.333 e. The fraction of sp³-hybridized carbons (Fsp3) is 0.273. The Kier molecular flexibility index (Phi) is 5.12. The van der Waals surface area contributed by atoms with Crippen LogP contribution in [-0.4, -0.2) is 26.9 Å². The van der Waals surface area contributed by atoms with Crippen molar-refractivity contribution >= 4 is 29.2 Å². The number of fused-ring (bicyclic) bond motifs is 1. The summed E-state index contributed by atoms with van der Waals surface area (Å²) in [4.78, 5) is 27.0. The van der Waals surface area contributed by atoms with Gasteiger partial charge < -0.3 is 15.5 Å². The molecule has 4 rings (SSSR count). The highest BCUT2D eigenvalue weighted by atomic mass is 16.1. The summed E-state index contributed by atoms with van der Waals surface area (Å²) in [6.07, 6.45) is 2.49. The van der Waals surface area contributed by atoms with Crippen LogP contribution in [0.5, 0.6) is 0 Å². The predicted octanol–water partition coefficient (Wildman–Crippen LogP) is 3.83. The maximum atomic E-state index is 11.4. The van der Waals surface area contributed by atoms with Crippen molar-refractivity contribution in [2.24, 2.45) is 0 Å². The van der Waals surface area contributed by atoms with E-state index in [0.29, 0.717) is 17.9 Å². The molecule has 2 heterocycles. The van der Waals surface area contributed by atoms with Gasteiger partial charge in [0, 0.05) is 30.9 Å². The maximum Gasteiger partial charge on any atom is 0.232 e. The van der Waals surface area contributed by atoms with Crippen LogP contribution >= 0.6 is 0 Å². The Bertz CT molecular complexity index is 1050. The van der Waals surface area contributed by atoms with Gasteiger partial charge in [0.1, 0.15) is 6.33 Å². The molecule has 0 aliphatic carbocycles. The lowest BCUT2D eigenvalue weighted by Gasteiger charge is -2.34. The zero-order valence-electron chi connectivity index (χ0n) is 16.8. The summed E-state index contributed by atoms with van der Waals surface area (Å²) in [7, 11) is 0. The zero-order chi connectivity index (χ0) is 20.4. The van der Waals surface area contributed by atoms with Crippen molar-refractivity contribution < 1.29 is 4.79 Å². The summed E-state index contributed by atoms with van der Waals surface area (Å²) in [5.41, 5.74) is 5.21. The molecule has 1 aliphatic heterocycles. The third-order valence-corrected chi connectivity index (χ3v) is 5.21. The normalized spacial score (nSPS) is 15.6. The van der Waals surface area contributed by atoms with Crippen LogP contribution in [-0.2, 0) is 17.8 Å². The molecule has 29 heavy (non-hydrogen) atoms. The Balaban J connectivity index is 1.58. The first-order valence-electron chi connectivity index (χ1n) is 9.68. The molecule has 1 aromatic heterocycles. The number of benzene rings is 2. The van der Waals surface area contributed by atoms with E-state index in [4.69, 9.17) is 0 Å². The Morgan fingerprint density at radius 3 is 2.62 bits per heavy atom. The number of aromatic nitrogens is 3. The van der Waals surface area contributed by atoms with Gasteiger partial charge in [0.05, 0.1) is 0 Å². The topological polar surface area (TPSA) is 83.0 Å². The predicted molar refractivity (Wildman–Crippen MR) is 114 cm³/mol. The van der Waals surface area contributed by atoms with Crippen LogP contribution in [0.15, 0.2) is 48.8 Å². The van der Waals surface area contributed by atoms with E-state index in [1.54, 1.807) is 0 Å². The molecule has 1 unspecified atom stereocenters. The summed E-state index contributed by atoms with van der Waals surface area (Å²) in [6, 6.07) is 14.5. The summed E-state index contributed by atoms with van der Waals surface area (Å²) >= 11 is 0. The van der Waals surface area contributed by atoms with Gasteiger partial charge in [-0.05, 0) is 49.1 Å². The van der Waals surface area contributed by atoms with E-state index >= 15 is 0 Å². The minimum atomic E-state index is -0.105. The Hall–Kier alpha value is -3.48. The average Bonchev–Trinajstić information content (AvgIpc) is 2.70. The lowest BCUT2D eigenvalue weighted by atomic mass is 9.95. The number of carbonyl (C=O) groups excluding carboxylic acids is 1. The Morgan fingerprint density at radius 1 is 1.07 bits per heavy atom. The van der Waals surface area contributed by atoms with Crippen LogP contribution in [0.3, 0.4) is 0 Å². The molecule has 0 spiro atoms. The summed E-state index contributed by atoms with van der Waals surface area (Å²) in [5.74, 6) is 1.02. The molecule has 148 valence electrons. The first-order chi connectivity index (χ1) is 14.0. The lowest BCUT2D eigenvalue weighted by Crippen LogP contribution is -2.39. The number of anilines is 4. The number of hydrogen-bond donors (Lipinski definition) is 2. The fourth-order valence-electron chi connectivity index (χ4n) is 3.65. The van der Waals surface area contributed by atoms with Gasteiger partial charge >= 0.3 is 0 Å². The van der Waals surface area contributed by atoms with Gasteiger partial charge in [0.15, 0.2) is 0 Å². The van der Waals surface area contributed by atoms with E-state index in [1.807, 2.05) is 25.1 Å². The first kappa shape index (κ1) is 18.9. The molecule has 0 bridgehead atoms. The van der Waals surface area contributed by atoms with Crippen LogP contribution < -0.4 is 15.5 Å². The monoisotopic (exact) mass is 388 g/mol. The second-order valence-electron chi connectivity index (χ2n) is 7.34. The highest BCUT2D eigenvalue weighted by Crippen LogP contribution is 2.28. The molecular formula is C22H24N6O. The van der Waals surface area contributed by atoms with E-state index in [1.165, 1.54) is 24.4 Å². The quantitative estimate of drug-likeness (QED) is 0.707. The lowest BCUT2D eigenvalue weighted by molar-refractivity contribution is -0.114. The van der Waals surface area contributed by atoms with Gasteiger partial charge in [-0.1, -0.05) is 30.3 Å². The van der Waals surface area contributed by atoms with Crippen LogP contribution in [0.4, 0.5) is 23.3 Å². The minimum Gasteiger partial charge on any atom is -0.333 e. The second kappa shape index (κ2) is 7.87. The van der Waals surface area contributed by atoms with Crippen LogP contribution in [0.25, 0.3) is 0 Å². The van der Waals surface area contributed by atoms with E-state index in [-0.39, 0.29) is 5.91 Å². The molecule has 1 atom stereocenters. The first-order valence-corrected chi connectivity index (χ1v) is 9.68. The molecule has 2 aromatic carbocycles. The number of rotatable bonds is 4. The Morgan fingerprint density at radius 2 is 1.83 bits per heavy atom. The molecule has 7 heteroatoms. The third-order valence-electron chi connectivity index (χ3n) is 5.21. The average molecular weight is 388 g/mol. The van der Waals surface area contributed by atoms with Gasteiger partial charge in [-0.25, -0.2) is 9.97 Å². The fourth-order valence-corrected chi connectivity index (χ4v) is 3.65. The molecular weight excluding hydrogens is 364 g/mol. The summed E-state index contributed by atoms with van der Waals surface area (Å²) < 4.78 is 0. The van der Waals surface area contributed by atoms with E-state index in [9.17, 15) is 4.79 Å². The molecule has 7 nitrogen and oxygen atoms in total. The zero-order valence-corrected chi connectivity index (χ0v) is 16.8. The van der Waals surface area contributed by atoms with Gasteiger partial charge in [0.25, 0.3) is 0 Å². The van der Waals surface area contributed by atoms with E-state index < -0.39 is 0 Å². The molecule has 3 aromatic rings. The van der Waals surface area contributed by atoms with Crippen molar-refractivity contribution in [3.05, 3.63) is 65.5 Å². The molecule has 1 amide bonds. The third kappa shape index (κ3) is 4.03. The number of amides is 1.